The number of benzene rings is 2. The Hall–Kier alpha value is -2.45. The topological polar surface area (TPSA) is 24.9 Å². The summed E-state index contributed by atoms with van der Waals surface area (Å²) < 4.78 is 0. The molecule has 0 saturated carbocycles. The molecule has 21 heavy (non-hydrogen) atoms. The van der Waals surface area contributed by atoms with Gasteiger partial charge in [0.15, 0.2) is 0 Å². The highest BCUT2D eigenvalue weighted by Gasteiger charge is 2.12. The molecule has 0 bridgehead atoms. The van der Waals surface area contributed by atoms with Crippen molar-refractivity contribution in [3.63, 3.8) is 0 Å². The van der Waals surface area contributed by atoms with Crippen LogP contribution >= 0.6 is 0 Å². The molecular formula is C19H18N2. The molecule has 2 nitrogen and oxygen atoms in total. The first-order valence-corrected chi connectivity index (χ1v) is 7.12. The van der Waals surface area contributed by atoms with Gasteiger partial charge in [0.05, 0.1) is 11.7 Å². The summed E-state index contributed by atoms with van der Waals surface area (Å²) in [5, 5.41) is 3.33. The lowest BCUT2D eigenvalue weighted by atomic mass is 9.99. The van der Waals surface area contributed by atoms with Gasteiger partial charge >= 0.3 is 0 Å². The molecule has 0 aliphatic carbocycles. The van der Waals surface area contributed by atoms with Crippen molar-refractivity contribution in [2.45, 2.75) is 6.04 Å². The summed E-state index contributed by atoms with van der Waals surface area (Å²) in [6.45, 7) is 0. The predicted molar refractivity (Wildman–Crippen MR) is 87.0 cm³/mol. The summed E-state index contributed by atoms with van der Waals surface area (Å²) >= 11 is 0. The van der Waals surface area contributed by atoms with Crippen molar-refractivity contribution in [1.82, 2.24) is 10.3 Å². The van der Waals surface area contributed by atoms with E-state index in [-0.39, 0.29) is 6.04 Å². The van der Waals surface area contributed by atoms with E-state index >= 15 is 0 Å². The normalized spacial score (nSPS) is 12.0. The average Bonchev–Trinajstić information content (AvgIpc) is 2.58. The van der Waals surface area contributed by atoms with Crippen LogP contribution in [-0.4, -0.2) is 12.0 Å². The smallest absolute Gasteiger partial charge is 0.0748 e. The molecule has 0 spiro atoms. The Morgan fingerprint density at radius 3 is 2.05 bits per heavy atom. The first-order chi connectivity index (χ1) is 10.4. The molecule has 104 valence electrons. The molecule has 1 unspecified atom stereocenters. The van der Waals surface area contributed by atoms with E-state index in [4.69, 9.17) is 0 Å². The van der Waals surface area contributed by atoms with E-state index in [0.29, 0.717) is 0 Å². The van der Waals surface area contributed by atoms with Crippen molar-refractivity contribution in [2.75, 3.05) is 7.05 Å². The maximum Gasteiger partial charge on any atom is 0.0748 e. The van der Waals surface area contributed by atoms with Crippen LogP contribution in [0.4, 0.5) is 0 Å². The highest BCUT2D eigenvalue weighted by Crippen LogP contribution is 2.24. The van der Waals surface area contributed by atoms with Gasteiger partial charge in [0, 0.05) is 6.20 Å². The standard InChI is InChI=1S/C19H18N2/c1-20-19(18-9-5-6-14-21-18)17-12-10-16(11-13-17)15-7-3-2-4-8-15/h2-14,19-20H,1H3. The first kappa shape index (κ1) is 13.5. The largest absolute Gasteiger partial charge is 0.308 e. The third-order valence-corrected chi connectivity index (χ3v) is 3.62. The Morgan fingerprint density at radius 1 is 0.762 bits per heavy atom. The summed E-state index contributed by atoms with van der Waals surface area (Å²) in [6.07, 6.45) is 1.83. The minimum atomic E-state index is 0.121. The molecule has 0 aliphatic rings. The number of rotatable bonds is 4. The van der Waals surface area contributed by atoms with E-state index in [1.165, 1.54) is 16.7 Å². The highest BCUT2D eigenvalue weighted by atomic mass is 14.9. The Kier molecular flexibility index (Phi) is 4.08. The van der Waals surface area contributed by atoms with Gasteiger partial charge in [-0.25, -0.2) is 0 Å². The average molecular weight is 274 g/mol. The van der Waals surface area contributed by atoms with Gasteiger partial charge in [-0.3, -0.25) is 4.98 Å². The van der Waals surface area contributed by atoms with E-state index in [2.05, 4.69) is 58.8 Å². The van der Waals surface area contributed by atoms with E-state index in [9.17, 15) is 0 Å². The quantitative estimate of drug-likeness (QED) is 0.776. The van der Waals surface area contributed by atoms with Gasteiger partial charge in [-0.1, -0.05) is 60.7 Å². The van der Waals surface area contributed by atoms with Gasteiger partial charge in [-0.15, -0.1) is 0 Å². The zero-order valence-corrected chi connectivity index (χ0v) is 12.0. The van der Waals surface area contributed by atoms with Crippen molar-refractivity contribution in [3.8, 4) is 11.1 Å². The molecule has 3 rings (SSSR count). The van der Waals surface area contributed by atoms with Crippen LogP contribution in [0.5, 0.6) is 0 Å². The Bertz CT molecular complexity index is 676. The predicted octanol–water partition coefficient (Wildman–Crippen LogP) is 4.06. The molecule has 2 heteroatoms. The third-order valence-electron chi connectivity index (χ3n) is 3.62. The van der Waals surface area contributed by atoms with Crippen LogP contribution in [0, 0.1) is 0 Å². The summed E-state index contributed by atoms with van der Waals surface area (Å²) in [6, 6.07) is 25.2. The van der Waals surface area contributed by atoms with Crippen LogP contribution < -0.4 is 5.32 Å². The van der Waals surface area contributed by atoms with Gasteiger partial charge < -0.3 is 5.32 Å². The van der Waals surface area contributed by atoms with Crippen molar-refractivity contribution < 1.29 is 0 Å². The van der Waals surface area contributed by atoms with Gasteiger partial charge in [0.25, 0.3) is 0 Å². The van der Waals surface area contributed by atoms with Crippen LogP contribution in [0.2, 0.25) is 0 Å². The number of aromatic nitrogens is 1. The minimum Gasteiger partial charge on any atom is -0.308 e. The van der Waals surface area contributed by atoms with Gasteiger partial charge in [-0.05, 0) is 35.9 Å². The molecule has 1 heterocycles. The molecule has 0 aliphatic heterocycles. The molecule has 3 aromatic rings. The minimum absolute atomic E-state index is 0.121. The Labute approximate surface area is 125 Å². The second-order valence-electron chi connectivity index (χ2n) is 4.96. The summed E-state index contributed by atoms with van der Waals surface area (Å²) in [7, 11) is 1.96. The fourth-order valence-electron chi connectivity index (χ4n) is 2.53. The number of nitrogens with one attached hydrogen (secondary N) is 1. The lowest BCUT2D eigenvalue weighted by Gasteiger charge is -2.16. The number of pyridine rings is 1. The van der Waals surface area contributed by atoms with Crippen LogP contribution in [-0.2, 0) is 0 Å². The number of hydrogen-bond donors (Lipinski definition) is 1. The summed E-state index contributed by atoms with van der Waals surface area (Å²) in [5.41, 5.74) is 4.72. The molecule has 1 aromatic heterocycles. The Morgan fingerprint density at radius 2 is 1.43 bits per heavy atom. The van der Waals surface area contributed by atoms with Gasteiger partial charge in [-0.2, -0.15) is 0 Å². The number of hydrogen-bond acceptors (Lipinski definition) is 2. The zero-order chi connectivity index (χ0) is 14.5. The van der Waals surface area contributed by atoms with Gasteiger partial charge in [0.2, 0.25) is 0 Å². The molecule has 0 amide bonds. The SMILES string of the molecule is CNC(c1ccc(-c2ccccc2)cc1)c1ccccn1. The van der Waals surface area contributed by atoms with Crippen molar-refractivity contribution in [1.29, 1.82) is 0 Å². The molecule has 1 N–H and O–H groups in total. The first-order valence-electron chi connectivity index (χ1n) is 7.12. The highest BCUT2D eigenvalue weighted by molar-refractivity contribution is 5.63. The maximum absolute atomic E-state index is 4.44. The van der Waals surface area contributed by atoms with Crippen LogP contribution in [0.25, 0.3) is 11.1 Å². The van der Waals surface area contributed by atoms with E-state index < -0.39 is 0 Å². The summed E-state index contributed by atoms with van der Waals surface area (Å²) in [5.74, 6) is 0. The van der Waals surface area contributed by atoms with Crippen LogP contribution in [0.3, 0.4) is 0 Å². The van der Waals surface area contributed by atoms with Crippen LogP contribution in [0.15, 0.2) is 79.0 Å². The summed E-state index contributed by atoms with van der Waals surface area (Å²) in [4.78, 5) is 4.44. The lowest BCUT2D eigenvalue weighted by Crippen LogP contribution is -2.18. The van der Waals surface area contributed by atoms with Crippen LogP contribution in [0.1, 0.15) is 17.3 Å². The maximum atomic E-state index is 4.44. The molecule has 0 saturated heterocycles. The van der Waals surface area contributed by atoms with E-state index in [0.717, 1.165) is 5.69 Å². The van der Waals surface area contributed by atoms with E-state index in [1.54, 1.807) is 0 Å². The van der Waals surface area contributed by atoms with Crippen molar-refractivity contribution >= 4 is 0 Å². The molecule has 2 aromatic carbocycles. The Balaban J connectivity index is 1.90. The van der Waals surface area contributed by atoms with Crippen molar-refractivity contribution in [2.24, 2.45) is 0 Å². The second-order valence-corrected chi connectivity index (χ2v) is 4.96. The monoisotopic (exact) mass is 274 g/mol. The van der Waals surface area contributed by atoms with Gasteiger partial charge in [0.1, 0.15) is 0 Å². The molecular weight excluding hydrogens is 256 g/mol. The van der Waals surface area contributed by atoms with E-state index in [1.807, 2.05) is 37.5 Å². The number of nitrogens with zero attached hydrogens (tertiary/aromatic N) is 1. The lowest BCUT2D eigenvalue weighted by molar-refractivity contribution is 0.671. The molecule has 1 atom stereocenters. The molecule has 0 fully saturated rings. The molecule has 0 radical (unpaired) electrons. The zero-order valence-electron chi connectivity index (χ0n) is 12.0. The third kappa shape index (κ3) is 3.01. The second kappa shape index (κ2) is 6.33. The fraction of sp³-hybridized carbons (Fsp3) is 0.105. The fourth-order valence-corrected chi connectivity index (χ4v) is 2.53. The van der Waals surface area contributed by atoms with Crippen molar-refractivity contribution in [3.05, 3.63) is 90.3 Å².